The van der Waals surface area contributed by atoms with Gasteiger partial charge in [0.25, 0.3) is 5.92 Å². The van der Waals surface area contributed by atoms with Gasteiger partial charge in [-0.05, 0) is 61.4 Å². The number of fused-ring (bicyclic) bond motifs is 7. The van der Waals surface area contributed by atoms with Crippen LogP contribution in [0.15, 0.2) is 30.5 Å². The molecule has 55 heavy (non-hydrogen) atoms. The number of likely N-dealkylation sites (tertiary alicyclic amines) is 1. The predicted octanol–water partition coefficient (Wildman–Crippen LogP) is 6.09. The molecule has 3 aromatic carbocycles. The molecule has 5 aromatic rings. The molecule has 0 spiro atoms. The van der Waals surface area contributed by atoms with Crippen molar-refractivity contribution < 1.29 is 36.6 Å². The third kappa shape index (κ3) is 5.16. The summed E-state index contributed by atoms with van der Waals surface area (Å²) in [4.78, 5) is 28.4. The van der Waals surface area contributed by atoms with E-state index < -0.39 is 47.5 Å². The number of piperazine rings is 1. The lowest BCUT2D eigenvalue weighted by atomic mass is 9.91. The number of hydrogen-bond donors (Lipinski definition) is 1. The summed E-state index contributed by atoms with van der Waals surface area (Å²) >= 11 is 0. The van der Waals surface area contributed by atoms with E-state index in [2.05, 4.69) is 20.9 Å². The number of carbonyl (C=O) groups excluding carboxylic acids is 1. The number of phenolic OH excluding ortho intramolecular Hbond substituents is 1. The number of nitrogens with zero attached hydrogens (tertiary/aromatic N) is 7. The molecule has 5 aliphatic rings. The van der Waals surface area contributed by atoms with Gasteiger partial charge in [-0.25, -0.2) is 22.0 Å². The lowest BCUT2D eigenvalue weighted by molar-refractivity contribution is -0.135. The zero-order valence-electron chi connectivity index (χ0n) is 29.8. The van der Waals surface area contributed by atoms with Crippen LogP contribution in [0.4, 0.5) is 27.8 Å². The van der Waals surface area contributed by atoms with Crippen LogP contribution in [0.5, 0.6) is 11.8 Å². The number of halogens is 5. The minimum absolute atomic E-state index is 0.0675. The third-order valence-electron chi connectivity index (χ3n) is 12.5. The minimum atomic E-state index is -2.99. The molecule has 5 atom stereocenters. The summed E-state index contributed by atoms with van der Waals surface area (Å²) in [6.45, 7) is 1.50. The van der Waals surface area contributed by atoms with Crippen LogP contribution in [0.25, 0.3) is 43.7 Å². The van der Waals surface area contributed by atoms with Gasteiger partial charge in [0.1, 0.15) is 47.1 Å². The number of aromatic nitrogens is 4. The van der Waals surface area contributed by atoms with E-state index >= 15 is 8.78 Å². The summed E-state index contributed by atoms with van der Waals surface area (Å²) in [7, 11) is 1.67. The Morgan fingerprint density at radius 3 is 2.56 bits per heavy atom. The van der Waals surface area contributed by atoms with Crippen molar-refractivity contribution in [3.63, 3.8) is 0 Å². The maximum Gasteiger partial charge on any atom is 0.319 e. The number of ether oxygens (including phenoxy) is 1. The Kier molecular flexibility index (Phi) is 7.41. The lowest BCUT2D eigenvalue weighted by Gasteiger charge is -2.42. The molecule has 4 aliphatic heterocycles. The van der Waals surface area contributed by atoms with Crippen molar-refractivity contribution in [2.45, 2.75) is 68.2 Å². The van der Waals surface area contributed by atoms with Gasteiger partial charge in [-0.3, -0.25) is 14.4 Å². The highest BCUT2D eigenvalue weighted by atomic mass is 19.3. The Hall–Kier alpha value is -5.23. The lowest BCUT2D eigenvalue weighted by Crippen LogP contribution is -2.56. The fraction of sp³-hybridized carbons (Fsp3) is 0.450. The van der Waals surface area contributed by atoms with Gasteiger partial charge < -0.3 is 19.6 Å². The van der Waals surface area contributed by atoms with Gasteiger partial charge >= 0.3 is 6.01 Å². The van der Waals surface area contributed by atoms with Crippen LogP contribution in [-0.2, 0) is 11.8 Å². The van der Waals surface area contributed by atoms with Crippen LogP contribution >= 0.6 is 0 Å². The van der Waals surface area contributed by atoms with Gasteiger partial charge in [-0.1, -0.05) is 12.0 Å². The van der Waals surface area contributed by atoms with Gasteiger partial charge in [0.2, 0.25) is 5.91 Å². The van der Waals surface area contributed by atoms with Crippen molar-refractivity contribution in [2.75, 3.05) is 37.7 Å². The summed E-state index contributed by atoms with van der Waals surface area (Å²) in [5.74, 6) is -3.87. The molecule has 6 heterocycles. The molecule has 1 unspecified atom stereocenters. The molecule has 5 fully saturated rings. The SMILES string of the molecule is C#Cc1c(F)ccc2cc(O)cc(-c3c(F)c4nc(OC[C@@]56CCCN5C[C@H](F)C6)nc(N5[C@@H]6CC[C@H]5CN(C(=O)C5CC5(F)F)C6)c4c4cn(C)nc34)c12. The number of rotatable bonds is 6. The molecule has 2 aromatic heterocycles. The maximum atomic E-state index is 17.7. The molecule has 0 radical (unpaired) electrons. The van der Waals surface area contributed by atoms with E-state index in [1.54, 1.807) is 13.2 Å². The quantitative estimate of drug-likeness (QED) is 0.164. The summed E-state index contributed by atoms with van der Waals surface area (Å²) in [6, 6.07) is 4.61. The number of terminal acetylenes is 1. The number of anilines is 1. The zero-order chi connectivity index (χ0) is 38.1. The van der Waals surface area contributed by atoms with Crippen molar-refractivity contribution in [3.05, 3.63) is 47.7 Å². The Morgan fingerprint density at radius 1 is 1.07 bits per heavy atom. The van der Waals surface area contributed by atoms with Gasteiger partial charge in [-0.15, -0.1) is 6.42 Å². The smallest absolute Gasteiger partial charge is 0.319 e. The molecule has 2 bridgehead atoms. The van der Waals surface area contributed by atoms with Gasteiger partial charge in [-0.2, -0.15) is 15.1 Å². The van der Waals surface area contributed by atoms with Crippen molar-refractivity contribution in [1.29, 1.82) is 0 Å². The second-order valence-corrected chi connectivity index (χ2v) is 15.9. The molecular weight excluding hydrogens is 721 g/mol. The number of alkyl halides is 3. The van der Waals surface area contributed by atoms with E-state index in [1.165, 1.54) is 33.8 Å². The van der Waals surface area contributed by atoms with Crippen LogP contribution in [0, 0.1) is 29.9 Å². The molecule has 1 N–H and O–H groups in total. The van der Waals surface area contributed by atoms with Crippen molar-refractivity contribution in [3.8, 4) is 35.2 Å². The molecular formula is C40H36F5N7O3. The largest absolute Gasteiger partial charge is 0.508 e. The van der Waals surface area contributed by atoms with E-state index in [9.17, 15) is 23.1 Å². The van der Waals surface area contributed by atoms with E-state index in [4.69, 9.17) is 16.1 Å². The Balaban J connectivity index is 1.17. The number of benzene rings is 3. The average Bonchev–Trinajstić information content (AvgIpc) is 3.49. The van der Waals surface area contributed by atoms with Gasteiger partial charge in [0.15, 0.2) is 5.82 Å². The summed E-state index contributed by atoms with van der Waals surface area (Å²) in [5.41, 5.74) is -0.570. The first-order valence-electron chi connectivity index (χ1n) is 18.6. The Labute approximate surface area is 311 Å². The molecule has 15 heteroatoms. The first-order valence-corrected chi connectivity index (χ1v) is 18.6. The summed E-state index contributed by atoms with van der Waals surface area (Å²) in [6.07, 6.45) is 9.22. The summed E-state index contributed by atoms with van der Waals surface area (Å²) < 4.78 is 83.5. The second-order valence-electron chi connectivity index (χ2n) is 15.9. The molecule has 1 aliphatic carbocycles. The topological polar surface area (TPSA) is 99.9 Å². The van der Waals surface area contributed by atoms with E-state index in [0.717, 1.165) is 19.4 Å². The third-order valence-corrected chi connectivity index (χ3v) is 12.5. The van der Waals surface area contributed by atoms with Crippen LogP contribution in [0.3, 0.4) is 0 Å². The van der Waals surface area contributed by atoms with E-state index in [-0.39, 0.29) is 76.7 Å². The zero-order valence-corrected chi connectivity index (χ0v) is 29.8. The molecule has 10 nitrogen and oxygen atoms in total. The van der Waals surface area contributed by atoms with Crippen LogP contribution in [0.1, 0.15) is 44.1 Å². The first kappa shape index (κ1) is 34.3. The number of hydrogen-bond acceptors (Lipinski definition) is 8. The Bertz CT molecular complexity index is 2510. The molecule has 284 valence electrons. The predicted molar refractivity (Wildman–Crippen MR) is 194 cm³/mol. The van der Waals surface area contributed by atoms with E-state index in [1.807, 2.05) is 4.90 Å². The standard InChI is InChI=1S/C40H36F5N7O3/c1-3-25-29(42)8-5-20-11-24(53)12-26(30(20)25)31-33(43)35-32(27-18-49(2)48-34(27)31)36(47-38(46-35)55-19-39-9-4-10-51(39)15-21(41)13-39)52-22-6-7-23(52)17-50(16-22)37(54)28-14-40(28,44)45/h1,5,8,11-12,18,21-23,28,53H,4,6-7,9-10,13-17,19H2,2H3/t21-,22-,23+,28?,39+/m1/s1. The highest BCUT2D eigenvalue weighted by Gasteiger charge is 2.63. The molecule has 4 saturated heterocycles. The Morgan fingerprint density at radius 2 is 1.84 bits per heavy atom. The van der Waals surface area contributed by atoms with Crippen molar-refractivity contribution in [2.24, 2.45) is 13.0 Å². The highest BCUT2D eigenvalue weighted by Crippen LogP contribution is 2.51. The molecule has 1 amide bonds. The van der Waals surface area contributed by atoms with E-state index in [0.29, 0.717) is 47.8 Å². The monoisotopic (exact) mass is 757 g/mol. The number of aryl methyl sites for hydroxylation is 1. The number of aromatic hydroxyl groups is 1. The van der Waals surface area contributed by atoms with Gasteiger partial charge in [0.05, 0.1) is 16.5 Å². The first-order chi connectivity index (χ1) is 26.4. The second kappa shape index (κ2) is 11.9. The normalized spacial score (nSPS) is 27.0. The highest BCUT2D eigenvalue weighted by molar-refractivity contribution is 6.18. The fourth-order valence-corrected chi connectivity index (χ4v) is 9.95. The maximum absolute atomic E-state index is 17.7. The van der Waals surface area contributed by atoms with Crippen LogP contribution < -0.4 is 9.64 Å². The number of phenols is 1. The van der Waals surface area contributed by atoms with Crippen molar-refractivity contribution >= 4 is 44.3 Å². The van der Waals surface area contributed by atoms with Crippen LogP contribution in [-0.4, -0.2) is 103 Å². The molecule has 1 saturated carbocycles. The average molecular weight is 758 g/mol. The van der Waals surface area contributed by atoms with Crippen LogP contribution in [0.2, 0.25) is 0 Å². The summed E-state index contributed by atoms with van der Waals surface area (Å²) in [5, 5.41) is 16.9. The number of amides is 1. The number of carbonyl (C=O) groups is 1. The van der Waals surface area contributed by atoms with Crippen molar-refractivity contribution in [1.82, 2.24) is 29.5 Å². The molecule has 10 rings (SSSR count). The van der Waals surface area contributed by atoms with Gasteiger partial charge in [0, 0.05) is 74.1 Å². The fourth-order valence-electron chi connectivity index (χ4n) is 9.95. The minimum Gasteiger partial charge on any atom is -0.508 e.